The smallest absolute Gasteiger partial charge is 0.231 e. The lowest BCUT2D eigenvalue weighted by molar-refractivity contribution is 0.173. The van der Waals surface area contributed by atoms with Crippen molar-refractivity contribution in [1.29, 1.82) is 0 Å². The van der Waals surface area contributed by atoms with Gasteiger partial charge < -0.3 is 14.6 Å². The van der Waals surface area contributed by atoms with E-state index in [1.165, 1.54) is 0 Å². The Bertz CT molecular complexity index is 842. The number of hydrogen-bond acceptors (Lipinski definition) is 3. The third kappa shape index (κ3) is 2.53. The van der Waals surface area contributed by atoms with Crippen LogP contribution in [0.1, 0.15) is 5.56 Å². The largest absolute Gasteiger partial charge is 0.453 e. The van der Waals surface area contributed by atoms with Crippen LogP contribution in [0.25, 0.3) is 22.3 Å². The number of aliphatic hydroxyl groups excluding tert-OH is 1. The Kier molecular flexibility index (Phi) is 3.93. The zero-order valence-corrected chi connectivity index (χ0v) is 13.2. The molecule has 0 aromatic heterocycles. The fraction of sp³-hybridized carbons (Fsp3) is 0.143. The molecule has 0 radical (unpaired) electrons. The fourth-order valence-electron chi connectivity index (χ4n) is 3.18. The summed E-state index contributed by atoms with van der Waals surface area (Å²) in [5.41, 5.74) is 5.32. The monoisotopic (exact) mass is 318 g/mol. The van der Waals surface area contributed by atoms with Crippen molar-refractivity contribution in [3.05, 3.63) is 72.3 Å². The molecule has 0 amide bonds. The van der Waals surface area contributed by atoms with Crippen molar-refractivity contribution in [2.75, 3.05) is 13.4 Å². The van der Waals surface area contributed by atoms with Gasteiger partial charge in [-0.1, -0.05) is 60.7 Å². The first-order valence-corrected chi connectivity index (χ1v) is 8.05. The van der Waals surface area contributed by atoms with E-state index in [9.17, 15) is 5.11 Å². The summed E-state index contributed by atoms with van der Waals surface area (Å²) < 4.78 is 11.5. The molecule has 1 N–H and O–H groups in total. The van der Waals surface area contributed by atoms with Crippen molar-refractivity contribution in [1.82, 2.24) is 0 Å². The van der Waals surface area contributed by atoms with E-state index in [0.717, 1.165) is 39.3 Å². The predicted octanol–water partition coefficient (Wildman–Crippen LogP) is 4.28. The van der Waals surface area contributed by atoms with E-state index in [2.05, 4.69) is 30.3 Å². The van der Waals surface area contributed by atoms with Crippen LogP contribution < -0.4 is 9.47 Å². The zero-order chi connectivity index (χ0) is 16.4. The van der Waals surface area contributed by atoms with Crippen molar-refractivity contribution in [3.63, 3.8) is 0 Å². The predicted molar refractivity (Wildman–Crippen MR) is 94.2 cm³/mol. The van der Waals surface area contributed by atoms with E-state index in [1.54, 1.807) is 0 Å². The van der Waals surface area contributed by atoms with Crippen LogP contribution in [0, 0.1) is 0 Å². The van der Waals surface area contributed by atoms with Gasteiger partial charge in [0.05, 0.1) is 0 Å². The van der Waals surface area contributed by atoms with Crippen molar-refractivity contribution in [2.24, 2.45) is 0 Å². The van der Waals surface area contributed by atoms with E-state index >= 15 is 0 Å². The number of rotatable bonds is 4. The summed E-state index contributed by atoms with van der Waals surface area (Å²) in [6, 6.07) is 22.6. The van der Waals surface area contributed by atoms with Gasteiger partial charge in [-0.3, -0.25) is 0 Å². The van der Waals surface area contributed by atoms with Crippen LogP contribution in [0.4, 0.5) is 0 Å². The van der Waals surface area contributed by atoms with Crippen LogP contribution >= 0.6 is 0 Å². The van der Waals surface area contributed by atoms with Gasteiger partial charge in [0.25, 0.3) is 0 Å². The van der Waals surface area contributed by atoms with Gasteiger partial charge in [-0.25, -0.2) is 0 Å². The molecule has 1 aliphatic heterocycles. The molecule has 0 saturated carbocycles. The number of hydrogen-bond donors (Lipinski definition) is 1. The summed E-state index contributed by atoms with van der Waals surface area (Å²) in [5, 5.41) is 9.40. The van der Waals surface area contributed by atoms with Gasteiger partial charge >= 0.3 is 0 Å². The maximum atomic E-state index is 9.40. The molecule has 120 valence electrons. The van der Waals surface area contributed by atoms with Crippen molar-refractivity contribution in [3.8, 4) is 33.8 Å². The molecule has 24 heavy (non-hydrogen) atoms. The molecular formula is C21H18O3. The Morgan fingerprint density at radius 1 is 0.792 bits per heavy atom. The van der Waals surface area contributed by atoms with Crippen molar-refractivity contribution < 1.29 is 14.6 Å². The van der Waals surface area contributed by atoms with Gasteiger partial charge in [-0.2, -0.15) is 0 Å². The SMILES string of the molecule is OCCc1cc(-c2ccccc2)c(-c2ccccc2)c2c1OCO2. The molecular weight excluding hydrogens is 300 g/mol. The molecule has 0 aliphatic carbocycles. The minimum Gasteiger partial charge on any atom is -0.453 e. The minimum atomic E-state index is 0.0781. The standard InChI is InChI=1S/C21H18O3/c22-12-11-17-13-18(15-7-3-1-4-8-15)19(16-9-5-2-6-10-16)21-20(17)23-14-24-21/h1-10,13,22H,11-12,14H2. The van der Waals surface area contributed by atoms with Gasteiger partial charge in [0.2, 0.25) is 6.79 Å². The second-order valence-corrected chi connectivity index (χ2v) is 5.73. The van der Waals surface area contributed by atoms with Crippen LogP contribution in [0.5, 0.6) is 11.5 Å². The lowest BCUT2D eigenvalue weighted by Gasteiger charge is -2.16. The van der Waals surface area contributed by atoms with Gasteiger partial charge in [-0.15, -0.1) is 0 Å². The molecule has 4 rings (SSSR count). The van der Waals surface area contributed by atoms with Crippen LogP contribution in [0.15, 0.2) is 66.7 Å². The maximum absolute atomic E-state index is 9.40. The lowest BCUT2D eigenvalue weighted by atomic mass is 9.90. The van der Waals surface area contributed by atoms with Crippen LogP contribution in [0.3, 0.4) is 0 Å². The molecule has 0 fully saturated rings. The molecule has 0 atom stereocenters. The number of fused-ring (bicyclic) bond motifs is 1. The van der Waals surface area contributed by atoms with Crippen LogP contribution in [-0.2, 0) is 6.42 Å². The third-order valence-corrected chi connectivity index (χ3v) is 4.25. The molecule has 3 aromatic rings. The molecule has 0 saturated heterocycles. The molecule has 3 nitrogen and oxygen atoms in total. The van der Waals surface area contributed by atoms with Gasteiger partial charge in [-0.05, 0) is 29.2 Å². The summed E-state index contributed by atoms with van der Waals surface area (Å²) in [7, 11) is 0. The normalized spacial score (nSPS) is 12.4. The number of benzene rings is 3. The van der Waals surface area contributed by atoms with Crippen molar-refractivity contribution in [2.45, 2.75) is 6.42 Å². The number of aliphatic hydroxyl groups is 1. The summed E-state index contributed by atoms with van der Waals surface area (Å²) in [5.74, 6) is 1.52. The molecule has 0 unspecified atom stereocenters. The first-order valence-electron chi connectivity index (χ1n) is 8.05. The molecule has 1 heterocycles. The van der Waals surface area contributed by atoms with E-state index < -0.39 is 0 Å². The molecule has 0 bridgehead atoms. The zero-order valence-electron chi connectivity index (χ0n) is 13.2. The topological polar surface area (TPSA) is 38.7 Å². The quantitative estimate of drug-likeness (QED) is 0.780. The summed E-state index contributed by atoms with van der Waals surface area (Å²) >= 11 is 0. The lowest BCUT2D eigenvalue weighted by Crippen LogP contribution is -1.97. The van der Waals surface area contributed by atoms with Gasteiger partial charge in [0.1, 0.15) is 0 Å². The highest BCUT2D eigenvalue weighted by molar-refractivity contribution is 5.90. The van der Waals surface area contributed by atoms with Gasteiger partial charge in [0, 0.05) is 17.7 Å². The minimum absolute atomic E-state index is 0.0781. The highest BCUT2D eigenvalue weighted by Gasteiger charge is 2.26. The van der Waals surface area contributed by atoms with Crippen LogP contribution in [-0.4, -0.2) is 18.5 Å². The Morgan fingerprint density at radius 3 is 2.08 bits per heavy atom. The summed E-state index contributed by atoms with van der Waals surface area (Å²) in [6.45, 7) is 0.292. The molecule has 3 aromatic carbocycles. The molecule has 3 heteroatoms. The molecule has 1 aliphatic rings. The maximum Gasteiger partial charge on any atom is 0.231 e. The van der Waals surface area contributed by atoms with E-state index in [4.69, 9.17) is 9.47 Å². The molecule has 0 spiro atoms. The fourth-order valence-corrected chi connectivity index (χ4v) is 3.18. The second-order valence-electron chi connectivity index (χ2n) is 5.73. The van der Waals surface area contributed by atoms with Crippen LogP contribution in [0.2, 0.25) is 0 Å². The van der Waals surface area contributed by atoms with E-state index in [-0.39, 0.29) is 13.4 Å². The highest BCUT2D eigenvalue weighted by Crippen LogP contribution is 2.49. The third-order valence-electron chi connectivity index (χ3n) is 4.25. The Morgan fingerprint density at radius 2 is 1.42 bits per heavy atom. The van der Waals surface area contributed by atoms with Gasteiger partial charge in [0.15, 0.2) is 11.5 Å². The number of ether oxygens (including phenoxy) is 2. The summed E-state index contributed by atoms with van der Waals surface area (Å²) in [6.07, 6.45) is 0.542. The summed E-state index contributed by atoms with van der Waals surface area (Å²) in [4.78, 5) is 0. The van der Waals surface area contributed by atoms with E-state index in [0.29, 0.717) is 6.42 Å². The highest BCUT2D eigenvalue weighted by atomic mass is 16.7. The Labute approximate surface area is 141 Å². The van der Waals surface area contributed by atoms with Crippen molar-refractivity contribution >= 4 is 0 Å². The average Bonchev–Trinajstić information content (AvgIpc) is 3.13. The second kappa shape index (κ2) is 6.38. The Balaban J connectivity index is 2.02. The average molecular weight is 318 g/mol. The Hall–Kier alpha value is -2.78. The first-order chi connectivity index (χ1) is 11.9. The van der Waals surface area contributed by atoms with E-state index in [1.807, 2.05) is 36.4 Å². The first kappa shape index (κ1) is 14.8.